The third-order valence-corrected chi connectivity index (χ3v) is 5.67. The molecule has 2 aromatic carbocycles. The number of hydrogen-bond donors (Lipinski definition) is 1. The van der Waals surface area contributed by atoms with E-state index in [0.717, 1.165) is 22.9 Å². The zero-order valence-electron chi connectivity index (χ0n) is 17.3. The Morgan fingerprint density at radius 1 is 1.03 bits per heavy atom. The van der Waals surface area contributed by atoms with Gasteiger partial charge in [0.05, 0.1) is 5.92 Å². The Morgan fingerprint density at radius 3 is 2.27 bits per heavy atom. The fraction of sp³-hybridized carbons (Fsp3) is 0.348. The van der Waals surface area contributed by atoms with Crippen molar-refractivity contribution in [1.82, 2.24) is 5.32 Å². The molecule has 1 amide bonds. The lowest BCUT2D eigenvalue weighted by Crippen LogP contribution is -2.44. The minimum absolute atomic E-state index is 0.102. The fourth-order valence-electron chi connectivity index (χ4n) is 2.89. The number of benzene rings is 2. The van der Waals surface area contributed by atoms with Crippen LogP contribution in [-0.4, -0.2) is 28.8 Å². The lowest BCUT2D eigenvalue weighted by Gasteiger charge is -2.24. The average molecular weight is 432 g/mol. The van der Waals surface area contributed by atoms with Gasteiger partial charge >= 0.3 is 5.97 Å². The minimum atomic E-state index is -0.841. The van der Waals surface area contributed by atoms with Crippen molar-refractivity contribution in [1.29, 1.82) is 0 Å². The van der Waals surface area contributed by atoms with Gasteiger partial charge in [-0.2, -0.15) is 0 Å². The predicted molar refractivity (Wildman–Crippen MR) is 115 cm³/mol. The van der Waals surface area contributed by atoms with Crippen molar-refractivity contribution in [3.63, 3.8) is 0 Å². The van der Waals surface area contributed by atoms with E-state index in [4.69, 9.17) is 4.74 Å². The molecule has 0 fully saturated rings. The van der Waals surface area contributed by atoms with Gasteiger partial charge in [0.15, 0.2) is 5.12 Å². The third kappa shape index (κ3) is 7.30. The quantitative estimate of drug-likeness (QED) is 0.606. The molecule has 3 atom stereocenters. The number of halogens is 1. The molecule has 2 rings (SSSR count). The lowest BCUT2D eigenvalue weighted by atomic mass is 9.88. The number of nitrogens with one attached hydrogen (secondary N) is 1. The molecule has 0 heterocycles. The van der Waals surface area contributed by atoms with Crippen molar-refractivity contribution in [2.75, 3.05) is 5.75 Å². The first-order chi connectivity index (χ1) is 14.3. The Kier molecular flexibility index (Phi) is 9.05. The highest BCUT2D eigenvalue weighted by atomic mass is 32.2. The Balaban J connectivity index is 2.02. The third-order valence-electron chi connectivity index (χ3n) is 4.74. The van der Waals surface area contributed by atoms with E-state index in [2.05, 4.69) is 5.32 Å². The summed E-state index contributed by atoms with van der Waals surface area (Å²) < 4.78 is 18.5. The topological polar surface area (TPSA) is 72.5 Å². The van der Waals surface area contributed by atoms with Crippen LogP contribution < -0.4 is 5.32 Å². The van der Waals surface area contributed by atoms with E-state index in [9.17, 15) is 18.8 Å². The van der Waals surface area contributed by atoms with E-state index in [1.807, 2.05) is 37.3 Å². The predicted octanol–water partition coefficient (Wildman–Crippen LogP) is 4.07. The van der Waals surface area contributed by atoms with E-state index in [1.165, 1.54) is 19.1 Å². The second kappa shape index (κ2) is 11.5. The molecular formula is C23H26FNO4S. The molecule has 0 spiro atoms. The first-order valence-corrected chi connectivity index (χ1v) is 10.7. The van der Waals surface area contributed by atoms with E-state index in [0.29, 0.717) is 0 Å². The molecule has 0 aromatic heterocycles. The average Bonchev–Trinajstić information content (AvgIpc) is 2.73. The van der Waals surface area contributed by atoms with Crippen LogP contribution in [0.25, 0.3) is 0 Å². The van der Waals surface area contributed by atoms with Gasteiger partial charge in [-0.25, -0.2) is 9.18 Å². The minimum Gasteiger partial charge on any atom is -0.459 e. The van der Waals surface area contributed by atoms with Crippen LogP contribution >= 0.6 is 11.8 Å². The Hall–Kier alpha value is -2.67. The summed E-state index contributed by atoms with van der Waals surface area (Å²) in [7, 11) is 0. The summed E-state index contributed by atoms with van der Waals surface area (Å²) in [6.07, 6.45) is 0. The normalized spacial score (nSPS) is 13.7. The highest BCUT2D eigenvalue weighted by Crippen LogP contribution is 2.28. The van der Waals surface area contributed by atoms with Crippen molar-refractivity contribution >= 4 is 28.8 Å². The highest BCUT2D eigenvalue weighted by molar-refractivity contribution is 8.13. The van der Waals surface area contributed by atoms with Crippen LogP contribution in [0.3, 0.4) is 0 Å². The van der Waals surface area contributed by atoms with Crippen LogP contribution in [0.4, 0.5) is 4.39 Å². The largest absolute Gasteiger partial charge is 0.459 e. The van der Waals surface area contributed by atoms with Gasteiger partial charge < -0.3 is 10.1 Å². The van der Waals surface area contributed by atoms with Crippen LogP contribution in [0.2, 0.25) is 0 Å². The molecule has 0 radical (unpaired) electrons. The molecule has 5 nitrogen and oxygen atoms in total. The van der Waals surface area contributed by atoms with Gasteiger partial charge in [-0.05, 0) is 36.1 Å². The van der Waals surface area contributed by atoms with Gasteiger partial charge in [0.25, 0.3) is 0 Å². The van der Waals surface area contributed by atoms with Crippen LogP contribution in [0.1, 0.15) is 37.8 Å². The van der Waals surface area contributed by atoms with Crippen molar-refractivity contribution in [3.8, 4) is 0 Å². The van der Waals surface area contributed by atoms with Gasteiger partial charge in [-0.3, -0.25) is 9.59 Å². The summed E-state index contributed by atoms with van der Waals surface area (Å²) in [5.41, 5.74) is 1.63. The Morgan fingerprint density at radius 2 is 1.67 bits per heavy atom. The van der Waals surface area contributed by atoms with Crippen molar-refractivity contribution in [2.45, 2.75) is 39.3 Å². The van der Waals surface area contributed by atoms with E-state index < -0.39 is 17.9 Å². The number of esters is 1. The molecule has 160 valence electrons. The Bertz CT molecular complexity index is 857. The summed E-state index contributed by atoms with van der Waals surface area (Å²) in [6.45, 7) is 4.96. The summed E-state index contributed by atoms with van der Waals surface area (Å²) in [5, 5.41) is 2.59. The standard InChI is InChI=1S/C23H26FNO4S/c1-15(19-9-11-20(24)12-10-19)21(14-30-17(3)26)22(27)25-16(2)23(28)29-13-18-7-5-4-6-8-18/h4-12,15-16,21H,13-14H2,1-3H3,(H,25,27)/t15?,16-,21?/m0/s1. The van der Waals surface area contributed by atoms with Crippen LogP contribution in [0, 0.1) is 11.7 Å². The van der Waals surface area contributed by atoms with Gasteiger partial charge in [-0.1, -0.05) is 61.2 Å². The molecule has 0 aliphatic heterocycles. The van der Waals surface area contributed by atoms with Gasteiger partial charge in [-0.15, -0.1) is 0 Å². The molecular weight excluding hydrogens is 405 g/mol. The second-order valence-corrected chi connectivity index (χ2v) is 8.27. The van der Waals surface area contributed by atoms with Crippen molar-refractivity contribution in [3.05, 3.63) is 71.5 Å². The number of ether oxygens (including phenoxy) is 1. The number of thioether (sulfide) groups is 1. The zero-order valence-corrected chi connectivity index (χ0v) is 18.1. The molecule has 0 aliphatic rings. The van der Waals surface area contributed by atoms with E-state index in [1.54, 1.807) is 19.1 Å². The fourth-order valence-corrected chi connectivity index (χ4v) is 3.74. The molecule has 0 saturated heterocycles. The lowest BCUT2D eigenvalue weighted by molar-refractivity contribution is -0.149. The van der Waals surface area contributed by atoms with Crippen LogP contribution in [0.15, 0.2) is 54.6 Å². The van der Waals surface area contributed by atoms with Gasteiger partial charge in [0.1, 0.15) is 18.5 Å². The maximum atomic E-state index is 13.2. The number of rotatable bonds is 9. The monoisotopic (exact) mass is 431 g/mol. The van der Waals surface area contributed by atoms with Crippen molar-refractivity contribution < 1.29 is 23.5 Å². The molecule has 0 saturated carbocycles. The zero-order chi connectivity index (χ0) is 22.1. The van der Waals surface area contributed by atoms with Gasteiger partial charge in [0, 0.05) is 12.7 Å². The summed E-state index contributed by atoms with van der Waals surface area (Å²) in [5.74, 6) is -1.85. The van der Waals surface area contributed by atoms with Crippen LogP contribution in [0.5, 0.6) is 0 Å². The SMILES string of the molecule is CC(=O)SCC(C(=O)N[C@@H](C)C(=O)OCc1ccccc1)C(C)c1ccc(F)cc1. The van der Waals surface area contributed by atoms with Gasteiger partial charge in [0.2, 0.25) is 5.91 Å². The maximum absolute atomic E-state index is 13.2. The van der Waals surface area contributed by atoms with Crippen LogP contribution in [-0.2, 0) is 25.7 Å². The van der Waals surface area contributed by atoms with E-state index in [-0.39, 0.29) is 35.1 Å². The first-order valence-electron chi connectivity index (χ1n) is 9.67. The molecule has 7 heteroatoms. The number of carbonyl (C=O) groups is 3. The second-order valence-electron chi connectivity index (χ2n) is 7.07. The number of carbonyl (C=O) groups excluding carboxylic acids is 3. The van der Waals surface area contributed by atoms with E-state index >= 15 is 0 Å². The molecule has 0 bridgehead atoms. The number of hydrogen-bond acceptors (Lipinski definition) is 5. The smallest absolute Gasteiger partial charge is 0.328 e. The first kappa shape index (κ1) is 23.6. The Labute approximate surface area is 180 Å². The number of amides is 1. The molecule has 0 aliphatic carbocycles. The molecule has 30 heavy (non-hydrogen) atoms. The summed E-state index contributed by atoms with van der Waals surface area (Å²) in [6, 6.07) is 14.3. The summed E-state index contributed by atoms with van der Waals surface area (Å²) in [4.78, 5) is 36.6. The highest BCUT2D eigenvalue weighted by Gasteiger charge is 2.29. The van der Waals surface area contributed by atoms with Crippen molar-refractivity contribution in [2.24, 2.45) is 5.92 Å². The maximum Gasteiger partial charge on any atom is 0.328 e. The molecule has 1 N–H and O–H groups in total. The molecule has 2 unspecified atom stereocenters. The molecule has 2 aromatic rings. The summed E-state index contributed by atoms with van der Waals surface area (Å²) >= 11 is 1.05.